The standard InChI is InChI=1S/C21H17Cl2NO3S/c1-14-4-3-5-20(15(14)2)24-13-16-12-18(23)8-11-21(16)27-28(25,26)19-9-6-17(22)7-10-19/h3-13H,1-2H3. The molecule has 0 fully saturated rings. The maximum atomic E-state index is 12.6. The van der Waals surface area contributed by atoms with Crippen LogP contribution in [0.25, 0.3) is 0 Å². The number of hydrogen-bond acceptors (Lipinski definition) is 4. The highest BCUT2D eigenvalue weighted by Gasteiger charge is 2.18. The van der Waals surface area contributed by atoms with Crippen LogP contribution in [0, 0.1) is 13.8 Å². The van der Waals surface area contributed by atoms with E-state index < -0.39 is 10.1 Å². The second kappa shape index (κ2) is 8.35. The summed E-state index contributed by atoms with van der Waals surface area (Å²) in [5.41, 5.74) is 3.39. The largest absolute Gasteiger partial charge is 0.378 e. The molecule has 0 bridgehead atoms. The van der Waals surface area contributed by atoms with Crippen LogP contribution >= 0.6 is 23.2 Å². The minimum absolute atomic E-state index is 0.00395. The number of rotatable bonds is 5. The first-order chi connectivity index (χ1) is 13.3. The van der Waals surface area contributed by atoms with Gasteiger partial charge in [-0.1, -0.05) is 35.3 Å². The number of hydrogen-bond donors (Lipinski definition) is 0. The van der Waals surface area contributed by atoms with Crippen LogP contribution < -0.4 is 4.18 Å². The van der Waals surface area contributed by atoms with Crippen LogP contribution in [0.3, 0.4) is 0 Å². The van der Waals surface area contributed by atoms with Gasteiger partial charge in [0.15, 0.2) is 5.75 Å². The van der Waals surface area contributed by atoms with Crippen LogP contribution in [-0.2, 0) is 10.1 Å². The lowest BCUT2D eigenvalue weighted by Gasteiger charge is -2.10. The van der Waals surface area contributed by atoms with Crippen LogP contribution in [0.1, 0.15) is 16.7 Å². The summed E-state index contributed by atoms with van der Waals surface area (Å²) in [6.45, 7) is 3.98. The molecule has 0 amide bonds. The first-order valence-corrected chi connectivity index (χ1v) is 10.5. The molecule has 0 N–H and O–H groups in total. The fraction of sp³-hybridized carbons (Fsp3) is 0.0952. The molecule has 3 aromatic carbocycles. The van der Waals surface area contributed by atoms with Crippen LogP contribution in [0.4, 0.5) is 5.69 Å². The molecular weight excluding hydrogens is 417 g/mol. The van der Waals surface area contributed by atoms with Gasteiger partial charge in [-0.3, -0.25) is 4.99 Å². The highest BCUT2D eigenvalue weighted by Crippen LogP contribution is 2.27. The third kappa shape index (κ3) is 4.73. The molecule has 144 valence electrons. The zero-order valence-corrected chi connectivity index (χ0v) is 17.5. The Balaban J connectivity index is 1.96. The quantitative estimate of drug-likeness (QED) is 0.359. The maximum Gasteiger partial charge on any atom is 0.339 e. The van der Waals surface area contributed by atoms with Gasteiger partial charge < -0.3 is 4.18 Å². The van der Waals surface area contributed by atoms with Gasteiger partial charge in [0.05, 0.1) is 5.69 Å². The van der Waals surface area contributed by atoms with Gasteiger partial charge in [-0.2, -0.15) is 8.42 Å². The van der Waals surface area contributed by atoms with E-state index in [1.165, 1.54) is 30.3 Å². The molecule has 0 atom stereocenters. The molecule has 28 heavy (non-hydrogen) atoms. The fourth-order valence-corrected chi connectivity index (χ4v) is 3.74. The van der Waals surface area contributed by atoms with Gasteiger partial charge in [-0.25, -0.2) is 0 Å². The van der Waals surface area contributed by atoms with E-state index in [9.17, 15) is 8.42 Å². The van der Waals surface area contributed by atoms with Gasteiger partial charge in [0.2, 0.25) is 0 Å². The van der Waals surface area contributed by atoms with Crippen LogP contribution in [0.5, 0.6) is 5.75 Å². The average molecular weight is 434 g/mol. The van der Waals surface area contributed by atoms with Crippen molar-refractivity contribution in [3.63, 3.8) is 0 Å². The van der Waals surface area contributed by atoms with E-state index in [-0.39, 0.29) is 10.6 Å². The van der Waals surface area contributed by atoms with Crippen molar-refractivity contribution in [2.24, 2.45) is 4.99 Å². The minimum Gasteiger partial charge on any atom is -0.378 e. The van der Waals surface area contributed by atoms with E-state index >= 15 is 0 Å². The summed E-state index contributed by atoms with van der Waals surface area (Å²) in [7, 11) is -4.03. The Morgan fingerprint density at radius 3 is 2.32 bits per heavy atom. The molecule has 0 saturated carbocycles. The lowest BCUT2D eigenvalue weighted by atomic mass is 10.1. The van der Waals surface area contributed by atoms with E-state index in [2.05, 4.69) is 4.99 Å². The van der Waals surface area contributed by atoms with E-state index in [1.807, 2.05) is 32.0 Å². The molecule has 4 nitrogen and oxygen atoms in total. The van der Waals surface area contributed by atoms with Crippen LogP contribution in [0.15, 0.2) is 70.6 Å². The van der Waals surface area contributed by atoms with Crippen molar-refractivity contribution >= 4 is 45.2 Å². The van der Waals surface area contributed by atoms with Gasteiger partial charge >= 0.3 is 10.1 Å². The summed E-state index contributed by atoms with van der Waals surface area (Å²) in [5, 5.41) is 0.880. The average Bonchev–Trinajstić information content (AvgIpc) is 2.65. The van der Waals surface area contributed by atoms with Gasteiger partial charge in [0, 0.05) is 21.8 Å². The molecule has 0 radical (unpaired) electrons. The topological polar surface area (TPSA) is 55.7 Å². The summed E-state index contributed by atoms with van der Waals surface area (Å²) >= 11 is 11.9. The second-order valence-corrected chi connectivity index (χ2v) is 8.57. The number of benzene rings is 3. The fourth-order valence-electron chi connectivity index (χ4n) is 2.48. The van der Waals surface area contributed by atoms with Gasteiger partial charge in [0.25, 0.3) is 0 Å². The third-order valence-electron chi connectivity index (χ3n) is 4.19. The van der Waals surface area contributed by atoms with Gasteiger partial charge in [0.1, 0.15) is 4.90 Å². The van der Waals surface area contributed by atoms with Crippen molar-refractivity contribution in [2.45, 2.75) is 18.7 Å². The molecule has 0 aromatic heterocycles. The Kier molecular flexibility index (Phi) is 6.08. The van der Waals surface area contributed by atoms with Crippen molar-refractivity contribution in [2.75, 3.05) is 0 Å². The van der Waals surface area contributed by atoms with Crippen LogP contribution in [-0.4, -0.2) is 14.6 Å². The monoisotopic (exact) mass is 433 g/mol. The molecular formula is C21H17Cl2NO3S. The Labute approximate surface area is 174 Å². The molecule has 3 rings (SSSR count). The lowest BCUT2D eigenvalue weighted by molar-refractivity contribution is 0.485. The Morgan fingerprint density at radius 2 is 1.61 bits per heavy atom. The molecule has 3 aromatic rings. The normalized spacial score (nSPS) is 11.7. The number of halogens is 2. The van der Waals surface area contributed by atoms with E-state index in [4.69, 9.17) is 27.4 Å². The maximum absolute atomic E-state index is 12.6. The predicted molar refractivity (Wildman–Crippen MR) is 114 cm³/mol. The van der Waals surface area contributed by atoms with E-state index in [1.54, 1.807) is 18.3 Å². The van der Waals surface area contributed by atoms with Crippen LogP contribution in [0.2, 0.25) is 10.0 Å². The predicted octanol–water partition coefficient (Wildman–Crippen LogP) is 6.13. The molecule has 0 saturated heterocycles. The summed E-state index contributed by atoms with van der Waals surface area (Å²) in [6, 6.07) is 16.2. The lowest BCUT2D eigenvalue weighted by Crippen LogP contribution is -2.10. The minimum atomic E-state index is -4.03. The van der Waals surface area contributed by atoms with Crippen molar-refractivity contribution in [3.05, 3.63) is 87.4 Å². The van der Waals surface area contributed by atoms with E-state index in [0.29, 0.717) is 15.6 Å². The molecule has 7 heteroatoms. The van der Waals surface area contributed by atoms with E-state index in [0.717, 1.165) is 16.8 Å². The summed E-state index contributed by atoms with van der Waals surface area (Å²) in [6.07, 6.45) is 1.54. The van der Waals surface area contributed by atoms with Gasteiger partial charge in [-0.15, -0.1) is 0 Å². The number of aliphatic imine (C=N–C) groups is 1. The molecule has 0 spiro atoms. The van der Waals surface area contributed by atoms with Crippen molar-refractivity contribution in [1.82, 2.24) is 0 Å². The summed E-state index contributed by atoms with van der Waals surface area (Å²) in [5.74, 6) is 0.133. The molecule has 0 aliphatic carbocycles. The number of aryl methyl sites for hydroxylation is 1. The summed E-state index contributed by atoms with van der Waals surface area (Å²) < 4.78 is 30.5. The highest BCUT2D eigenvalue weighted by molar-refractivity contribution is 7.87. The second-order valence-electron chi connectivity index (χ2n) is 6.15. The first-order valence-electron chi connectivity index (χ1n) is 8.36. The highest BCUT2D eigenvalue weighted by atomic mass is 35.5. The Bertz CT molecular complexity index is 1140. The first kappa shape index (κ1) is 20.4. The molecule has 0 aliphatic rings. The third-order valence-corrected chi connectivity index (χ3v) is 5.93. The van der Waals surface area contributed by atoms with Crippen molar-refractivity contribution < 1.29 is 12.6 Å². The molecule has 0 unspecified atom stereocenters. The van der Waals surface area contributed by atoms with Crippen molar-refractivity contribution in [1.29, 1.82) is 0 Å². The SMILES string of the molecule is Cc1cccc(N=Cc2cc(Cl)ccc2OS(=O)(=O)c2ccc(Cl)cc2)c1C. The molecule has 0 aliphatic heterocycles. The van der Waals surface area contributed by atoms with Gasteiger partial charge in [-0.05, 0) is 73.5 Å². The summed E-state index contributed by atoms with van der Waals surface area (Å²) in [4.78, 5) is 4.48. The zero-order valence-electron chi connectivity index (χ0n) is 15.2. The Morgan fingerprint density at radius 1 is 0.929 bits per heavy atom. The smallest absolute Gasteiger partial charge is 0.339 e. The van der Waals surface area contributed by atoms with Crippen molar-refractivity contribution in [3.8, 4) is 5.75 Å². The number of nitrogens with zero attached hydrogens (tertiary/aromatic N) is 1. The molecule has 0 heterocycles. The Hall–Kier alpha value is -2.34. The zero-order chi connectivity index (χ0) is 20.3.